The van der Waals surface area contributed by atoms with Gasteiger partial charge in [0, 0.05) is 0 Å². The largest absolute Gasteiger partial charge is 0.491 e. The Morgan fingerprint density at radius 1 is 1.11 bits per heavy atom. The van der Waals surface area contributed by atoms with Gasteiger partial charge in [0.15, 0.2) is 0 Å². The zero-order valence-electron chi connectivity index (χ0n) is 15.0. The van der Waals surface area contributed by atoms with E-state index in [2.05, 4.69) is 5.32 Å². The van der Waals surface area contributed by atoms with Crippen LogP contribution in [0.4, 0.5) is 5.69 Å². The molecule has 1 saturated heterocycles. The number of primary amides is 1. The van der Waals surface area contributed by atoms with Gasteiger partial charge in [-0.3, -0.25) is 24.1 Å². The maximum absolute atomic E-state index is 12.5. The van der Waals surface area contributed by atoms with Crippen LogP contribution in [0, 0.1) is 11.8 Å². The summed E-state index contributed by atoms with van der Waals surface area (Å²) in [6.07, 6.45) is 3.36. The number of para-hydroxylation sites is 2. The number of fused-ring (bicyclic) bond motifs is 1. The van der Waals surface area contributed by atoms with Crippen molar-refractivity contribution in [3.8, 4) is 5.75 Å². The highest BCUT2D eigenvalue weighted by Gasteiger charge is 2.48. The van der Waals surface area contributed by atoms with E-state index < -0.39 is 11.8 Å². The van der Waals surface area contributed by atoms with Gasteiger partial charge in [-0.25, -0.2) is 0 Å². The second-order valence-electron chi connectivity index (χ2n) is 6.87. The highest BCUT2D eigenvalue weighted by Crippen LogP contribution is 2.37. The third kappa shape index (κ3) is 4.27. The number of nitrogens with zero attached hydrogens (tertiary/aromatic N) is 1. The van der Waals surface area contributed by atoms with Gasteiger partial charge in [0.1, 0.15) is 12.3 Å². The molecule has 1 aliphatic heterocycles. The van der Waals surface area contributed by atoms with E-state index in [1.165, 1.54) is 0 Å². The zero-order chi connectivity index (χ0) is 19.4. The van der Waals surface area contributed by atoms with Crippen LogP contribution in [0.3, 0.4) is 0 Å². The Morgan fingerprint density at radius 2 is 1.74 bits per heavy atom. The van der Waals surface area contributed by atoms with Crippen molar-refractivity contribution < 1.29 is 23.9 Å². The first kappa shape index (κ1) is 18.9. The van der Waals surface area contributed by atoms with Crippen LogP contribution in [0.5, 0.6) is 5.75 Å². The highest BCUT2D eigenvalue weighted by molar-refractivity contribution is 6.08. The van der Waals surface area contributed by atoms with Crippen molar-refractivity contribution in [1.29, 1.82) is 0 Å². The predicted molar refractivity (Wildman–Crippen MR) is 96.5 cm³/mol. The highest BCUT2D eigenvalue weighted by atomic mass is 16.5. The van der Waals surface area contributed by atoms with Gasteiger partial charge in [-0.1, -0.05) is 25.0 Å². The Kier molecular flexibility index (Phi) is 5.73. The predicted octanol–water partition coefficient (Wildman–Crippen LogP) is 1.05. The number of likely N-dealkylation sites (tertiary alicyclic amines) is 1. The van der Waals surface area contributed by atoms with Crippen molar-refractivity contribution in [2.75, 3.05) is 18.5 Å². The van der Waals surface area contributed by atoms with Crippen LogP contribution >= 0.6 is 0 Å². The third-order valence-corrected chi connectivity index (χ3v) is 5.00. The van der Waals surface area contributed by atoms with Gasteiger partial charge in [-0.2, -0.15) is 0 Å². The van der Waals surface area contributed by atoms with Crippen LogP contribution < -0.4 is 15.8 Å². The molecule has 27 heavy (non-hydrogen) atoms. The summed E-state index contributed by atoms with van der Waals surface area (Å²) in [5, 5.41) is 2.67. The van der Waals surface area contributed by atoms with Gasteiger partial charge in [-0.15, -0.1) is 0 Å². The van der Waals surface area contributed by atoms with Crippen LogP contribution in [0.15, 0.2) is 24.3 Å². The van der Waals surface area contributed by atoms with Gasteiger partial charge >= 0.3 is 0 Å². The molecule has 1 aromatic rings. The fourth-order valence-electron chi connectivity index (χ4n) is 3.68. The van der Waals surface area contributed by atoms with E-state index in [0.717, 1.165) is 17.7 Å². The monoisotopic (exact) mass is 373 g/mol. The molecule has 4 amide bonds. The second kappa shape index (κ2) is 8.20. The average Bonchev–Trinajstić information content (AvgIpc) is 2.88. The van der Waals surface area contributed by atoms with E-state index >= 15 is 0 Å². The number of carbonyl (C=O) groups excluding carboxylic acids is 4. The lowest BCUT2D eigenvalue weighted by atomic mass is 9.81. The SMILES string of the molecule is NC(=O)CCOc1ccccc1NC(=O)CN1C(=O)C2CCCCC2C1=O. The maximum Gasteiger partial charge on any atom is 0.244 e. The number of hydrogen-bond donors (Lipinski definition) is 2. The zero-order valence-corrected chi connectivity index (χ0v) is 15.0. The third-order valence-electron chi connectivity index (χ3n) is 5.00. The van der Waals surface area contributed by atoms with E-state index in [0.29, 0.717) is 24.3 Å². The Hall–Kier alpha value is -2.90. The summed E-state index contributed by atoms with van der Waals surface area (Å²) >= 11 is 0. The second-order valence-corrected chi connectivity index (χ2v) is 6.87. The van der Waals surface area contributed by atoms with Crippen molar-refractivity contribution in [3.63, 3.8) is 0 Å². The number of hydrogen-bond acceptors (Lipinski definition) is 5. The Morgan fingerprint density at radius 3 is 2.37 bits per heavy atom. The minimum absolute atomic E-state index is 0.0574. The summed E-state index contributed by atoms with van der Waals surface area (Å²) in [6, 6.07) is 6.74. The fourth-order valence-corrected chi connectivity index (χ4v) is 3.68. The summed E-state index contributed by atoms with van der Waals surface area (Å²) in [4.78, 5) is 49.2. The standard InChI is InChI=1S/C19H23N3O5/c20-16(23)9-10-27-15-8-4-3-7-14(15)21-17(24)11-22-18(25)12-5-1-2-6-13(12)19(22)26/h3-4,7-8,12-13H,1-2,5-6,9-11H2,(H2,20,23)(H,21,24). The summed E-state index contributed by atoms with van der Waals surface area (Å²) in [7, 11) is 0. The number of anilines is 1. The van der Waals surface area contributed by atoms with E-state index in [1.54, 1.807) is 24.3 Å². The molecular weight excluding hydrogens is 350 g/mol. The smallest absolute Gasteiger partial charge is 0.244 e. The normalized spacial score (nSPS) is 21.7. The molecule has 0 aromatic heterocycles. The lowest BCUT2D eigenvalue weighted by Crippen LogP contribution is -2.38. The molecular formula is C19H23N3O5. The molecule has 0 bridgehead atoms. The van der Waals surface area contributed by atoms with E-state index in [4.69, 9.17) is 10.5 Å². The minimum atomic E-state index is -0.482. The van der Waals surface area contributed by atoms with E-state index in [-0.39, 0.29) is 43.2 Å². The van der Waals surface area contributed by atoms with Gasteiger partial charge in [0.25, 0.3) is 0 Å². The van der Waals surface area contributed by atoms with E-state index in [1.807, 2.05) is 0 Å². The molecule has 1 aliphatic carbocycles. The number of benzene rings is 1. The maximum atomic E-state index is 12.5. The van der Waals surface area contributed by atoms with Crippen molar-refractivity contribution in [3.05, 3.63) is 24.3 Å². The summed E-state index contributed by atoms with van der Waals surface area (Å²) in [6.45, 7) is -0.213. The first-order chi connectivity index (χ1) is 13.0. The molecule has 2 aliphatic rings. The molecule has 1 heterocycles. The molecule has 3 N–H and O–H groups in total. The molecule has 2 unspecified atom stereocenters. The van der Waals surface area contributed by atoms with Crippen molar-refractivity contribution >= 4 is 29.3 Å². The molecule has 1 aromatic carbocycles. The lowest BCUT2D eigenvalue weighted by molar-refractivity contribution is -0.142. The van der Waals surface area contributed by atoms with Crippen LogP contribution in [0.25, 0.3) is 0 Å². The Balaban J connectivity index is 1.62. The van der Waals surface area contributed by atoms with Crippen LogP contribution in [0.2, 0.25) is 0 Å². The van der Waals surface area contributed by atoms with E-state index in [9.17, 15) is 19.2 Å². The van der Waals surface area contributed by atoms with Crippen LogP contribution in [-0.4, -0.2) is 41.7 Å². The minimum Gasteiger partial charge on any atom is -0.491 e. The van der Waals surface area contributed by atoms with Gasteiger partial charge in [0.05, 0.1) is 30.6 Å². The summed E-state index contributed by atoms with van der Waals surface area (Å²) < 4.78 is 5.48. The molecule has 8 heteroatoms. The Bertz CT molecular complexity index is 739. The quantitative estimate of drug-likeness (QED) is 0.693. The molecule has 2 atom stereocenters. The number of rotatable bonds is 7. The van der Waals surface area contributed by atoms with Gasteiger partial charge in [0.2, 0.25) is 23.6 Å². The molecule has 1 saturated carbocycles. The number of carbonyl (C=O) groups is 4. The molecule has 2 fully saturated rings. The topological polar surface area (TPSA) is 119 Å². The van der Waals surface area contributed by atoms with Crippen molar-refractivity contribution in [1.82, 2.24) is 4.90 Å². The molecule has 3 rings (SSSR count). The fraction of sp³-hybridized carbons (Fsp3) is 0.474. The number of nitrogens with one attached hydrogen (secondary N) is 1. The van der Waals surface area contributed by atoms with Gasteiger partial charge in [-0.05, 0) is 25.0 Å². The Labute approximate surface area is 157 Å². The van der Waals surface area contributed by atoms with Crippen molar-refractivity contribution in [2.45, 2.75) is 32.1 Å². The molecule has 8 nitrogen and oxygen atoms in total. The first-order valence-corrected chi connectivity index (χ1v) is 9.12. The molecule has 144 valence electrons. The lowest BCUT2D eigenvalue weighted by Gasteiger charge is -2.19. The molecule has 0 radical (unpaired) electrons. The summed E-state index contributed by atoms with van der Waals surface area (Å²) in [5.74, 6) is -1.60. The van der Waals surface area contributed by atoms with Crippen molar-refractivity contribution in [2.24, 2.45) is 17.6 Å². The number of ether oxygens (including phenoxy) is 1. The first-order valence-electron chi connectivity index (χ1n) is 9.12. The number of amides is 4. The molecule has 0 spiro atoms. The van der Waals surface area contributed by atoms with Crippen LogP contribution in [0.1, 0.15) is 32.1 Å². The number of nitrogens with two attached hydrogens (primary N) is 1. The van der Waals surface area contributed by atoms with Gasteiger partial charge < -0.3 is 15.8 Å². The average molecular weight is 373 g/mol. The van der Waals surface area contributed by atoms with Crippen LogP contribution in [-0.2, 0) is 19.2 Å². The number of imide groups is 1. The summed E-state index contributed by atoms with van der Waals surface area (Å²) in [5.41, 5.74) is 5.49.